The molecule has 52 heavy (non-hydrogen) atoms. The van der Waals surface area contributed by atoms with E-state index in [9.17, 15) is 19.2 Å². The molecule has 9 heteroatoms. The number of hydrogen-bond donors (Lipinski definition) is 4. The van der Waals surface area contributed by atoms with Crippen LogP contribution in [0.15, 0.2) is 0 Å². The second-order valence-corrected chi connectivity index (χ2v) is 15.2. The van der Waals surface area contributed by atoms with Gasteiger partial charge in [0.05, 0.1) is 13.2 Å². The standard InChI is InChI=1S/C43H82N2O7/c1-3-5-7-9-11-12-13-14-15-16-17-18-19-20-21-22-27-31-35-42(49)52-38(32-28-24-10-8-6-4-2)33-29-25-23-26-30-34-40(47)44-36-41(48)45-39(37-46)43(50)51/h38-39,46H,3-37H2,1-2H3,(H,44,47)(H,45,48)(H,50,51). The molecule has 0 aromatic carbocycles. The molecule has 0 rings (SSSR count). The van der Waals surface area contributed by atoms with Gasteiger partial charge in [0, 0.05) is 12.8 Å². The van der Waals surface area contributed by atoms with Crippen LogP contribution in [0.4, 0.5) is 0 Å². The molecule has 0 saturated carbocycles. The number of hydrogen-bond acceptors (Lipinski definition) is 6. The van der Waals surface area contributed by atoms with Crippen LogP contribution in [0.3, 0.4) is 0 Å². The SMILES string of the molecule is CCCCCCCCCCCCCCCCCCCCC(=O)OC(CCCCCCCC)CCCCCCCC(=O)NCC(=O)NC(CO)C(=O)O. The van der Waals surface area contributed by atoms with Gasteiger partial charge in [-0.3, -0.25) is 14.4 Å². The third-order valence-electron chi connectivity index (χ3n) is 10.1. The Morgan fingerprint density at radius 2 is 0.865 bits per heavy atom. The van der Waals surface area contributed by atoms with Crippen LogP contribution in [0.1, 0.15) is 226 Å². The third-order valence-corrected chi connectivity index (χ3v) is 10.1. The number of carbonyl (C=O) groups excluding carboxylic acids is 3. The largest absolute Gasteiger partial charge is 0.480 e. The molecule has 0 fully saturated rings. The van der Waals surface area contributed by atoms with Gasteiger partial charge in [0.25, 0.3) is 0 Å². The minimum absolute atomic E-state index is 0.00212. The first kappa shape index (κ1) is 49.8. The number of ether oxygens (including phenoxy) is 1. The quantitative estimate of drug-likeness (QED) is 0.0362. The molecule has 0 bridgehead atoms. The summed E-state index contributed by atoms with van der Waals surface area (Å²) in [6.07, 6.45) is 38.6. The highest BCUT2D eigenvalue weighted by Crippen LogP contribution is 2.19. The Hall–Kier alpha value is -2.16. The van der Waals surface area contributed by atoms with E-state index in [2.05, 4.69) is 24.5 Å². The summed E-state index contributed by atoms with van der Waals surface area (Å²) in [7, 11) is 0. The van der Waals surface area contributed by atoms with Gasteiger partial charge in [0.2, 0.25) is 11.8 Å². The van der Waals surface area contributed by atoms with E-state index >= 15 is 0 Å². The molecule has 0 spiro atoms. The van der Waals surface area contributed by atoms with E-state index < -0.39 is 24.5 Å². The van der Waals surface area contributed by atoms with Crippen LogP contribution in [-0.4, -0.2) is 59.3 Å². The lowest BCUT2D eigenvalue weighted by molar-refractivity contribution is -0.150. The van der Waals surface area contributed by atoms with Crippen molar-refractivity contribution in [3.05, 3.63) is 0 Å². The average Bonchev–Trinajstić information content (AvgIpc) is 3.13. The number of rotatable bonds is 40. The molecule has 0 aromatic rings. The predicted molar refractivity (Wildman–Crippen MR) is 213 cm³/mol. The molecule has 2 unspecified atom stereocenters. The Kier molecular flexibility index (Phi) is 37.0. The molecular formula is C43H82N2O7. The van der Waals surface area contributed by atoms with Gasteiger partial charge in [0.15, 0.2) is 0 Å². The Morgan fingerprint density at radius 3 is 1.25 bits per heavy atom. The Bertz CT molecular complexity index is 853. The summed E-state index contributed by atoms with van der Waals surface area (Å²) < 4.78 is 5.99. The summed E-state index contributed by atoms with van der Waals surface area (Å²) in [6, 6.07) is -1.38. The van der Waals surface area contributed by atoms with E-state index in [0.717, 1.165) is 57.8 Å². The number of carboxylic acid groups (broad SMARTS) is 1. The monoisotopic (exact) mass is 739 g/mol. The number of nitrogens with one attached hydrogen (secondary N) is 2. The van der Waals surface area contributed by atoms with Crippen molar-refractivity contribution in [2.24, 2.45) is 0 Å². The molecule has 4 N–H and O–H groups in total. The molecule has 0 heterocycles. The maximum absolute atomic E-state index is 12.7. The predicted octanol–water partition coefficient (Wildman–Crippen LogP) is 10.5. The first-order valence-electron chi connectivity index (χ1n) is 21.9. The third kappa shape index (κ3) is 34.9. The second kappa shape index (κ2) is 38.6. The molecule has 2 atom stereocenters. The van der Waals surface area contributed by atoms with Crippen molar-refractivity contribution in [1.82, 2.24) is 10.6 Å². The van der Waals surface area contributed by atoms with Crippen LogP contribution in [-0.2, 0) is 23.9 Å². The van der Waals surface area contributed by atoms with Gasteiger partial charge in [-0.25, -0.2) is 4.79 Å². The van der Waals surface area contributed by atoms with Crippen LogP contribution < -0.4 is 10.6 Å². The van der Waals surface area contributed by atoms with Crippen molar-refractivity contribution in [1.29, 1.82) is 0 Å². The van der Waals surface area contributed by atoms with Crippen LogP contribution >= 0.6 is 0 Å². The van der Waals surface area contributed by atoms with Gasteiger partial charge in [-0.2, -0.15) is 0 Å². The first-order valence-corrected chi connectivity index (χ1v) is 21.9. The normalized spacial score (nSPS) is 12.4. The molecule has 306 valence electrons. The van der Waals surface area contributed by atoms with Gasteiger partial charge in [-0.1, -0.05) is 174 Å². The summed E-state index contributed by atoms with van der Waals surface area (Å²) >= 11 is 0. The second-order valence-electron chi connectivity index (χ2n) is 15.2. The minimum atomic E-state index is -1.38. The van der Waals surface area contributed by atoms with Crippen molar-refractivity contribution in [3.63, 3.8) is 0 Å². The summed E-state index contributed by atoms with van der Waals surface area (Å²) in [5.74, 6) is -2.28. The smallest absolute Gasteiger partial charge is 0.328 e. The van der Waals surface area contributed by atoms with E-state index in [0.29, 0.717) is 19.3 Å². The minimum Gasteiger partial charge on any atom is -0.480 e. The number of unbranched alkanes of at least 4 members (excludes halogenated alkanes) is 26. The maximum Gasteiger partial charge on any atom is 0.328 e. The Morgan fingerprint density at radius 1 is 0.500 bits per heavy atom. The van der Waals surface area contributed by atoms with Crippen molar-refractivity contribution in [3.8, 4) is 0 Å². The topological polar surface area (TPSA) is 142 Å². The van der Waals surface area contributed by atoms with E-state index in [1.165, 1.54) is 135 Å². The maximum atomic E-state index is 12.7. The fourth-order valence-electron chi connectivity index (χ4n) is 6.72. The van der Waals surface area contributed by atoms with Crippen LogP contribution in [0.25, 0.3) is 0 Å². The fraction of sp³-hybridized carbons (Fsp3) is 0.907. The van der Waals surface area contributed by atoms with Crippen molar-refractivity contribution in [2.45, 2.75) is 238 Å². The van der Waals surface area contributed by atoms with Gasteiger partial charge in [-0.05, 0) is 38.5 Å². The fourth-order valence-corrected chi connectivity index (χ4v) is 6.72. The van der Waals surface area contributed by atoms with E-state index in [1.54, 1.807) is 0 Å². The van der Waals surface area contributed by atoms with Crippen molar-refractivity contribution >= 4 is 23.8 Å². The lowest BCUT2D eigenvalue weighted by Crippen LogP contribution is -2.47. The molecular weight excluding hydrogens is 656 g/mol. The average molecular weight is 739 g/mol. The van der Waals surface area contributed by atoms with Crippen LogP contribution in [0.5, 0.6) is 0 Å². The highest BCUT2D eigenvalue weighted by atomic mass is 16.5. The van der Waals surface area contributed by atoms with E-state index in [1.807, 2.05) is 0 Å². The molecule has 0 aliphatic heterocycles. The molecule has 9 nitrogen and oxygen atoms in total. The summed E-state index contributed by atoms with van der Waals surface area (Å²) in [6.45, 7) is 3.48. The summed E-state index contributed by atoms with van der Waals surface area (Å²) in [4.78, 5) is 47.4. The van der Waals surface area contributed by atoms with Crippen molar-refractivity contribution in [2.75, 3.05) is 13.2 Å². The zero-order valence-electron chi connectivity index (χ0n) is 33.8. The highest BCUT2D eigenvalue weighted by molar-refractivity contribution is 5.87. The molecule has 0 saturated heterocycles. The number of carboxylic acids is 1. The number of esters is 1. The Balaban J connectivity index is 4.02. The first-order chi connectivity index (χ1) is 25.3. The summed E-state index contributed by atoms with van der Waals surface area (Å²) in [5, 5.41) is 22.5. The number of aliphatic hydroxyl groups excluding tert-OH is 1. The van der Waals surface area contributed by atoms with Gasteiger partial charge in [0.1, 0.15) is 12.1 Å². The van der Waals surface area contributed by atoms with Crippen molar-refractivity contribution < 1.29 is 34.1 Å². The highest BCUT2D eigenvalue weighted by Gasteiger charge is 2.19. The van der Waals surface area contributed by atoms with E-state index in [4.69, 9.17) is 14.9 Å². The summed E-state index contributed by atoms with van der Waals surface area (Å²) in [5.41, 5.74) is 0. The zero-order valence-corrected chi connectivity index (χ0v) is 33.8. The van der Waals surface area contributed by atoms with Gasteiger partial charge in [-0.15, -0.1) is 0 Å². The lowest BCUT2D eigenvalue weighted by atomic mass is 10.0. The molecule has 0 aromatic heterocycles. The molecule has 0 radical (unpaired) electrons. The Labute approximate surface area is 319 Å². The van der Waals surface area contributed by atoms with Crippen LogP contribution in [0.2, 0.25) is 0 Å². The number of carbonyl (C=O) groups is 4. The molecule has 0 aliphatic carbocycles. The van der Waals surface area contributed by atoms with Crippen LogP contribution in [0, 0.1) is 0 Å². The van der Waals surface area contributed by atoms with E-state index in [-0.39, 0.29) is 24.5 Å². The molecule has 0 aliphatic rings. The van der Waals surface area contributed by atoms with Gasteiger partial charge < -0.3 is 25.6 Å². The zero-order chi connectivity index (χ0) is 38.3. The lowest BCUT2D eigenvalue weighted by Gasteiger charge is -2.18. The van der Waals surface area contributed by atoms with Gasteiger partial charge >= 0.3 is 11.9 Å². The number of aliphatic carboxylic acids is 1. The molecule has 2 amide bonds. The number of amides is 2. The number of aliphatic hydroxyl groups is 1.